The molecule has 0 aliphatic rings. The third-order valence-electron chi connectivity index (χ3n) is 10.8. The van der Waals surface area contributed by atoms with E-state index in [0.29, 0.717) is 0 Å². The van der Waals surface area contributed by atoms with E-state index in [2.05, 4.69) is 254 Å². The lowest BCUT2D eigenvalue weighted by Gasteiger charge is -2.28. The van der Waals surface area contributed by atoms with E-state index in [1.54, 1.807) is 0 Å². The molecule has 58 heavy (non-hydrogen) atoms. The zero-order valence-electron chi connectivity index (χ0n) is 32.8. The van der Waals surface area contributed by atoms with Gasteiger partial charge in [-0.15, -0.1) is 0 Å². The molecule has 0 aliphatic heterocycles. The van der Waals surface area contributed by atoms with Crippen molar-refractivity contribution in [2.75, 3.05) is 9.80 Å². The molecule has 9 aromatic rings. The van der Waals surface area contributed by atoms with Crippen molar-refractivity contribution in [1.29, 1.82) is 0 Å². The molecule has 2 nitrogen and oxygen atoms in total. The molecule has 0 amide bonds. The lowest BCUT2D eigenvalue weighted by molar-refractivity contribution is 1.27. The van der Waals surface area contributed by atoms with Crippen LogP contribution in [0.4, 0.5) is 34.1 Å². The van der Waals surface area contributed by atoms with E-state index in [4.69, 9.17) is 0 Å². The highest BCUT2D eigenvalue weighted by Crippen LogP contribution is 2.43. The van der Waals surface area contributed by atoms with Crippen molar-refractivity contribution in [3.63, 3.8) is 0 Å². The smallest absolute Gasteiger partial charge is 0.0468 e. The van der Waals surface area contributed by atoms with Crippen LogP contribution in [-0.4, -0.2) is 0 Å². The number of aryl methyl sites for hydroxylation is 2. The zero-order valence-corrected chi connectivity index (χ0v) is 32.8. The van der Waals surface area contributed by atoms with Crippen LogP contribution in [-0.2, 0) is 0 Å². The summed E-state index contributed by atoms with van der Waals surface area (Å²) in [5.74, 6) is 0. The monoisotopic (exact) mass is 744 g/mol. The third-order valence-corrected chi connectivity index (χ3v) is 10.8. The van der Waals surface area contributed by atoms with Crippen LogP contribution < -0.4 is 9.80 Å². The lowest BCUT2D eigenvalue weighted by atomic mass is 9.93. The Kier molecular flexibility index (Phi) is 10.2. The van der Waals surface area contributed by atoms with Crippen molar-refractivity contribution >= 4 is 34.1 Å². The van der Waals surface area contributed by atoms with Gasteiger partial charge < -0.3 is 9.80 Å². The highest BCUT2D eigenvalue weighted by molar-refractivity contribution is 5.91. The largest absolute Gasteiger partial charge is 0.310 e. The molecule has 278 valence electrons. The molecule has 0 heterocycles. The average Bonchev–Trinajstić information content (AvgIpc) is 3.29. The normalized spacial score (nSPS) is 10.9. The summed E-state index contributed by atoms with van der Waals surface area (Å²) in [6, 6.07) is 83.2. The van der Waals surface area contributed by atoms with Crippen molar-refractivity contribution in [2.24, 2.45) is 0 Å². The molecule has 0 unspecified atom stereocenters. The molecule has 9 rings (SSSR count). The minimum absolute atomic E-state index is 1.09. The second kappa shape index (κ2) is 16.4. The fraction of sp³-hybridized carbons (Fsp3) is 0.0357. The van der Waals surface area contributed by atoms with Crippen molar-refractivity contribution < 1.29 is 0 Å². The van der Waals surface area contributed by atoms with Crippen LogP contribution in [0, 0.1) is 13.8 Å². The Labute approximate surface area is 342 Å². The van der Waals surface area contributed by atoms with Gasteiger partial charge in [-0.2, -0.15) is 0 Å². The molecule has 0 aliphatic carbocycles. The maximum atomic E-state index is 2.36. The molecule has 0 saturated heterocycles. The van der Waals surface area contributed by atoms with Crippen LogP contribution in [0.1, 0.15) is 11.1 Å². The summed E-state index contributed by atoms with van der Waals surface area (Å²) in [7, 11) is 0. The molecule has 0 fully saturated rings. The summed E-state index contributed by atoms with van der Waals surface area (Å²) in [4.78, 5) is 4.72. The highest BCUT2D eigenvalue weighted by Gasteiger charge is 2.19. The Morgan fingerprint density at radius 3 is 1.02 bits per heavy atom. The van der Waals surface area contributed by atoms with Crippen LogP contribution in [0.2, 0.25) is 0 Å². The fourth-order valence-electron chi connectivity index (χ4n) is 7.74. The van der Waals surface area contributed by atoms with Crippen LogP contribution in [0.15, 0.2) is 231 Å². The second-order valence-electron chi connectivity index (χ2n) is 14.8. The highest BCUT2D eigenvalue weighted by atomic mass is 15.1. The Bertz CT molecular complexity index is 2740. The van der Waals surface area contributed by atoms with Gasteiger partial charge in [0, 0.05) is 34.1 Å². The van der Waals surface area contributed by atoms with Gasteiger partial charge in [0.2, 0.25) is 0 Å². The number of rotatable bonds is 10. The Morgan fingerprint density at radius 1 is 0.224 bits per heavy atom. The maximum absolute atomic E-state index is 2.36. The predicted molar refractivity (Wildman–Crippen MR) is 247 cm³/mol. The Hall–Kier alpha value is -7.42. The van der Waals surface area contributed by atoms with E-state index in [0.717, 1.165) is 45.3 Å². The average molecular weight is 745 g/mol. The van der Waals surface area contributed by atoms with Gasteiger partial charge in [-0.3, -0.25) is 0 Å². The quantitative estimate of drug-likeness (QED) is 0.138. The molecule has 0 bridgehead atoms. The first-order valence-electron chi connectivity index (χ1n) is 19.9. The number of nitrogens with zero attached hydrogens (tertiary/aromatic N) is 2. The lowest BCUT2D eigenvalue weighted by Crippen LogP contribution is -2.11. The molecule has 0 aromatic heterocycles. The minimum atomic E-state index is 1.09. The van der Waals surface area contributed by atoms with Crippen molar-refractivity contribution in [3.8, 4) is 44.5 Å². The van der Waals surface area contributed by atoms with Crippen LogP contribution >= 0.6 is 0 Å². The molecular weight excluding hydrogens is 701 g/mol. The number of anilines is 6. The molecule has 9 aromatic carbocycles. The number of hydrogen-bond donors (Lipinski definition) is 0. The molecule has 0 atom stereocenters. The standard InChI is InChI=1S/C56H44N2/c1-41-21-29-49(30-22-41)57(51-33-25-45(26-34-51)43-13-6-3-7-14-43)53-20-12-19-48(39-53)56-40-54(37-38-55(56)47-17-10-5-11-18-47)58(50-31-23-42(2)24-32-50)52-35-27-46(28-36-52)44-15-8-4-9-16-44/h3-40H,1-2H3. The fourth-order valence-corrected chi connectivity index (χ4v) is 7.74. The summed E-state index contributed by atoms with van der Waals surface area (Å²) in [6.45, 7) is 4.28. The maximum Gasteiger partial charge on any atom is 0.0468 e. The molecule has 0 spiro atoms. The summed E-state index contributed by atoms with van der Waals surface area (Å²) in [6.07, 6.45) is 0. The molecule has 0 N–H and O–H groups in total. The van der Waals surface area contributed by atoms with Crippen LogP contribution in [0.25, 0.3) is 44.5 Å². The van der Waals surface area contributed by atoms with Gasteiger partial charge in [-0.25, -0.2) is 0 Å². The third kappa shape index (κ3) is 7.69. The first-order chi connectivity index (χ1) is 28.6. The Balaban J connectivity index is 1.18. The van der Waals surface area contributed by atoms with Crippen molar-refractivity contribution in [3.05, 3.63) is 242 Å². The second-order valence-corrected chi connectivity index (χ2v) is 14.8. The van der Waals surface area contributed by atoms with Gasteiger partial charge in [0.25, 0.3) is 0 Å². The summed E-state index contributed by atoms with van der Waals surface area (Å²) < 4.78 is 0. The zero-order chi connectivity index (χ0) is 39.3. The topological polar surface area (TPSA) is 6.48 Å². The van der Waals surface area contributed by atoms with E-state index in [1.807, 2.05) is 0 Å². The summed E-state index contributed by atoms with van der Waals surface area (Å²) in [5.41, 5.74) is 18.5. The number of benzene rings is 9. The molecule has 0 saturated carbocycles. The van der Waals surface area contributed by atoms with Gasteiger partial charge in [0.05, 0.1) is 0 Å². The first-order valence-corrected chi connectivity index (χ1v) is 19.9. The summed E-state index contributed by atoms with van der Waals surface area (Å²) in [5, 5.41) is 0. The molecule has 2 heteroatoms. The first kappa shape index (κ1) is 36.2. The van der Waals surface area contributed by atoms with Crippen LogP contribution in [0.3, 0.4) is 0 Å². The van der Waals surface area contributed by atoms with Crippen LogP contribution in [0.5, 0.6) is 0 Å². The van der Waals surface area contributed by atoms with Gasteiger partial charge in [0.1, 0.15) is 0 Å². The van der Waals surface area contributed by atoms with Crippen molar-refractivity contribution in [1.82, 2.24) is 0 Å². The Morgan fingerprint density at radius 2 is 0.569 bits per heavy atom. The van der Waals surface area contributed by atoms with Gasteiger partial charge in [0.15, 0.2) is 0 Å². The van der Waals surface area contributed by atoms with E-state index in [-0.39, 0.29) is 0 Å². The van der Waals surface area contributed by atoms with Gasteiger partial charge >= 0.3 is 0 Å². The SMILES string of the molecule is Cc1ccc(N(c2ccc(-c3ccccc3)cc2)c2cccc(-c3cc(N(c4ccc(C)cc4)c4ccc(-c5ccccc5)cc4)ccc3-c3ccccc3)c2)cc1. The van der Waals surface area contributed by atoms with Gasteiger partial charge in [-0.1, -0.05) is 169 Å². The molecule has 0 radical (unpaired) electrons. The molecular formula is C56H44N2. The number of hydrogen-bond acceptors (Lipinski definition) is 2. The van der Waals surface area contributed by atoms with E-state index in [1.165, 1.54) is 44.5 Å². The summed E-state index contributed by atoms with van der Waals surface area (Å²) >= 11 is 0. The predicted octanol–water partition coefficient (Wildman–Crippen LogP) is 15.9. The van der Waals surface area contributed by atoms with E-state index < -0.39 is 0 Å². The van der Waals surface area contributed by atoms with E-state index in [9.17, 15) is 0 Å². The van der Waals surface area contributed by atoms with Gasteiger partial charge in [-0.05, 0) is 131 Å². The van der Waals surface area contributed by atoms with E-state index >= 15 is 0 Å². The minimum Gasteiger partial charge on any atom is -0.310 e. The van der Waals surface area contributed by atoms with Crippen molar-refractivity contribution in [2.45, 2.75) is 13.8 Å².